The molecule has 1 aliphatic heterocycles. The number of hydrogen-bond donors (Lipinski definition) is 1. The first-order valence-corrected chi connectivity index (χ1v) is 10.0. The van der Waals surface area contributed by atoms with Gasteiger partial charge in [0.15, 0.2) is 0 Å². The standard InChI is InChI=1S/C23H25N3O4/c1-16-3-6-22(29-2)19(13-16)23(8-11-30-12-9-23)15-25-20-4-5-21(26(27)28)18-14-24-10-7-17(18)20/h3-7,10,13-14,25H,8-9,11-12,15H2,1-2H3. The number of ether oxygens (including phenoxy) is 2. The van der Waals surface area contributed by atoms with E-state index >= 15 is 0 Å². The molecule has 1 N–H and O–H groups in total. The molecule has 4 rings (SSSR count). The summed E-state index contributed by atoms with van der Waals surface area (Å²) in [6, 6.07) is 11.4. The smallest absolute Gasteiger partial charge is 0.278 e. The Balaban J connectivity index is 1.72. The van der Waals surface area contributed by atoms with Crippen LogP contribution in [0.4, 0.5) is 11.4 Å². The third-order valence-corrected chi connectivity index (χ3v) is 5.99. The summed E-state index contributed by atoms with van der Waals surface area (Å²) in [4.78, 5) is 15.1. The van der Waals surface area contributed by atoms with Crippen LogP contribution in [0.2, 0.25) is 0 Å². The zero-order valence-corrected chi connectivity index (χ0v) is 17.2. The Kier molecular flexibility index (Phi) is 5.55. The fraction of sp³-hybridized carbons (Fsp3) is 0.348. The van der Waals surface area contributed by atoms with E-state index in [0.29, 0.717) is 25.1 Å². The molecule has 2 heterocycles. The van der Waals surface area contributed by atoms with Crippen molar-refractivity contribution >= 4 is 22.1 Å². The summed E-state index contributed by atoms with van der Waals surface area (Å²) in [6.07, 6.45) is 4.94. The summed E-state index contributed by atoms with van der Waals surface area (Å²) in [7, 11) is 1.70. The zero-order chi connectivity index (χ0) is 21.1. The molecule has 1 aromatic heterocycles. The van der Waals surface area contributed by atoms with E-state index in [1.54, 1.807) is 25.6 Å². The molecular weight excluding hydrogens is 382 g/mol. The van der Waals surface area contributed by atoms with Crippen molar-refractivity contribution in [1.82, 2.24) is 4.98 Å². The van der Waals surface area contributed by atoms with Gasteiger partial charge in [-0.3, -0.25) is 15.1 Å². The lowest BCUT2D eigenvalue weighted by atomic mass is 9.73. The summed E-state index contributed by atoms with van der Waals surface area (Å²) >= 11 is 0. The first kappa shape index (κ1) is 20.1. The molecule has 1 saturated heterocycles. The summed E-state index contributed by atoms with van der Waals surface area (Å²) in [5, 5.41) is 16.3. The molecule has 1 aliphatic rings. The number of nitro benzene ring substituents is 1. The number of non-ortho nitro benzene ring substituents is 1. The first-order chi connectivity index (χ1) is 14.5. The van der Waals surface area contributed by atoms with Crippen molar-refractivity contribution < 1.29 is 14.4 Å². The monoisotopic (exact) mass is 407 g/mol. The van der Waals surface area contributed by atoms with E-state index in [0.717, 1.165) is 29.7 Å². The Bertz CT molecular complexity index is 1080. The van der Waals surface area contributed by atoms with E-state index in [-0.39, 0.29) is 16.0 Å². The predicted molar refractivity (Wildman–Crippen MR) is 116 cm³/mol. The van der Waals surface area contributed by atoms with Crippen LogP contribution >= 0.6 is 0 Å². The van der Waals surface area contributed by atoms with Crippen LogP contribution in [-0.4, -0.2) is 36.8 Å². The second kappa shape index (κ2) is 8.28. The molecule has 0 amide bonds. The highest BCUT2D eigenvalue weighted by Crippen LogP contribution is 2.41. The minimum atomic E-state index is -0.370. The molecular formula is C23H25N3O4. The number of anilines is 1. The lowest BCUT2D eigenvalue weighted by Gasteiger charge is -2.39. The molecule has 0 saturated carbocycles. The molecule has 0 radical (unpaired) electrons. The maximum Gasteiger partial charge on any atom is 0.278 e. The SMILES string of the molecule is COc1ccc(C)cc1C1(CNc2ccc([N+](=O)[O-])c3cnccc23)CCOCC1. The molecule has 7 nitrogen and oxygen atoms in total. The molecule has 156 valence electrons. The van der Waals surface area contributed by atoms with Gasteiger partial charge in [-0.15, -0.1) is 0 Å². The molecule has 0 unspecified atom stereocenters. The molecule has 2 aromatic carbocycles. The van der Waals surface area contributed by atoms with E-state index in [9.17, 15) is 10.1 Å². The van der Waals surface area contributed by atoms with Gasteiger partial charge in [0.1, 0.15) is 5.75 Å². The third-order valence-electron chi connectivity index (χ3n) is 5.99. The van der Waals surface area contributed by atoms with Gasteiger partial charge in [0.05, 0.1) is 17.4 Å². The van der Waals surface area contributed by atoms with E-state index in [4.69, 9.17) is 9.47 Å². The Labute approximate surface area is 175 Å². The van der Waals surface area contributed by atoms with Gasteiger partial charge < -0.3 is 14.8 Å². The zero-order valence-electron chi connectivity index (χ0n) is 17.2. The molecule has 0 spiro atoms. The van der Waals surface area contributed by atoms with Crippen molar-refractivity contribution in [3.63, 3.8) is 0 Å². The van der Waals surface area contributed by atoms with Gasteiger partial charge in [-0.2, -0.15) is 0 Å². The second-order valence-corrected chi connectivity index (χ2v) is 7.76. The van der Waals surface area contributed by atoms with E-state index < -0.39 is 0 Å². The van der Waals surface area contributed by atoms with Gasteiger partial charge in [-0.1, -0.05) is 17.7 Å². The normalized spacial score (nSPS) is 15.7. The fourth-order valence-corrected chi connectivity index (χ4v) is 4.29. The first-order valence-electron chi connectivity index (χ1n) is 10.0. The summed E-state index contributed by atoms with van der Waals surface area (Å²) in [5.41, 5.74) is 3.12. The predicted octanol–water partition coefficient (Wildman–Crippen LogP) is 4.62. The summed E-state index contributed by atoms with van der Waals surface area (Å²) in [5.74, 6) is 0.877. The van der Waals surface area contributed by atoms with Gasteiger partial charge in [0.2, 0.25) is 0 Å². The number of nitrogens with zero attached hydrogens (tertiary/aromatic N) is 2. The number of aryl methyl sites for hydroxylation is 1. The van der Waals surface area contributed by atoms with Crippen LogP contribution in [0.3, 0.4) is 0 Å². The van der Waals surface area contributed by atoms with Crippen LogP contribution in [0.25, 0.3) is 10.8 Å². The van der Waals surface area contributed by atoms with Gasteiger partial charge >= 0.3 is 0 Å². The number of fused-ring (bicyclic) bond motifs is 1. The maximum absolute atomic E-state index is 11.4. The van der Waals surface area contributed by atoms with Crippen LogP contribution < -0.4 is 10.1 Å². The molecule has 0 aliphatic carbocycles. The molecule has 0 atom stereocenters. The average Bonchev–Trinajstić information content (AvgIpc) is 2.78. The largest absolute Gasteiger partial charge is 0.496 e. The van der Waals surface area contributed by atoms with Gasteiger partial charge in [-0.25, -0.2) is 0 Å². The highest BCUT2D eigenvalue weighted by molar-refractivity contribution is 5.99. The number of rotatable bonds is 6. The molecule has 30 heavy (non-hydrogen) atoms. The number of benzene rings is 2. The highest BCUT2D eigenvalue weighted by Gasteiger charge is 2.37. The van der Waals surface area contributed by atoms with Crippen molar-refractivity contribution in [2.75, 3.05) is 32.2 Å². The lowest BCUT2D eigenvalue weighted by molar-refractivity contribution is -0.383. The molecule has 1 fully saturated rings. The van der Waals surface area contributed by atoms with Crippen LogP contribution in [0.5, 0.6) is 5.75 Å². The summed E-state index contributed by atoms with van der Waals surface area (Å²) in [6.45, 7) is 4.12. The maximum atomic E-state index is 11.4. The Morgan fingerprint density at radius 1 is 1.20 bits per heavy atom. The minimum Gasteiger partial charge on any atom is -0.496 e. The number of nitrogens with one attached hydrogen (secondary N) is 1. The summed E-state index contributed by atoms with van der Waals surface area (Å²) < 4.78 is 11.4. The third kappa shape index (κ3) is 3.68. The van der Waals surface area contributed by atoms with Crippen molar-refractivity contribution in [2.24, 2.45) is 0 Å². The average molecular weight is 407 g/mol. The van der Waals surface area contributed by atoms with Crippen LogP contribution in [0.15, 0.2) is 48.8 Å². The topological polar surface area (TPSA) is 86.5 Å². The number of pyridine rings is 1. The van der Waals surface area contributed by atoms with Gasteiger partial charge in [0.25, 0.3) is 5.69 Å². The number of aromatic nitrogens is 1. The van der Waals surface area contributed by atoms with Gasteiger partial charge in [0, 0.05) is 60.3 Å². The highest BCUT2D eigenvalue weighted by atomic mass is 16.6. The number of hydrogen-bond acceptors (Lipinski definition) is 6. The van der Waals surface area contributed by atoms with Crippen LogP contribution in [0, 0.1) is 17.0 Å². The second-order valence-electron chi connectivity index (χ2n) is 7.76. The number of nitro groups is 1. The minimum absolute atomic E-state index is 0.0600. The van der Waals surface area contributed by atoms with Crippen molar-refractivity contribution in [3.8, 4) is 5.75 Å². The van der Waals surface area contributed by atoms with E-state index in [1.807, 2.05) is 12.1 Å². The van der Waals surface area contributed by atoms with E-state index in [1.165, 1.54) is 17.2 Å². The van der Waals surface area contributed by atoms with E-state index in [2.05, 4.69) is 29.4 Å². The van der Waals surface area contributed by atoms with Crippen molar-refractivity contribution in [2.45, 2.75) is 25.2 Å². The fourth-order valence-electron chi connectivity index (χ4n) is 4.29. The van der Waals surface area contributed by atoms with Crippen molar-refractivity contribution in [1.29, 1.82) is 0 Å². The van der Waals surface area contributed by atoms with Crippen LogP contribution in [0.1, 0.15) is 24.0 Å². The Morgan fingerprint density at radius 3 is 2.73 bits per heavy atom. The number of methoxy groups -OCH3 is 1. The van der Waals surface area contributed by atoms with Gasteiger partial charge in [-0.05, 0) is 38.0 Å². The Morgan fingerprint density at radius 2 is 2.00 bits per heavy atom. The van der Waals surface area contributed by atoms with Crippen molar-refractivity contribution in [3.05, 3.63) is 70.0 Å². The Hall–Kier alpha value is -3.19. The van der Waals surface area contributed by atoms with Crippen LogP contribution in [-0.2, 0) is 10.2 Å². The molecule has 0 bridgehead atoms. The molecule has 3 aromatic rings. The lowest BCUT2D eigenvalue weighted by Crippen LogP contribution is -2.40. The quantitative estimate of drug-likeness (QED) is 0.474. The molecule has 7 heteroatoms.